The number of likely N-dealkylation sites (N-methyl/N-ethyl adjacent to an activating group) is 2. The number of aromatic nitrogens is 2. The third-order valence-electron chi connectivity index (χ3n) is 4.02. The van der Waals surface area contributed by atoms with Gasteiger partial charge in [0.05, 0.1) is 10.2 Å². The topological polar surface area (TPSA) is 44.3 Å². The average molecular weight is 291 g/mol. The van der Waals surface area contributed by atoms with Gasteiger partial charge in [0.25, 0.3) is 0 Å². The fourth-order valence-electron chi connectivity index (χ4n) is 2.63. The van der Waals surface area contributed by atoms with E-state index in [0.29, 0.717) is 6.04 Å². The van der Waals surface area contributed by atoms with Gasteiger partial charge >= 0.3 is 0 Å². The van der Waals surface area contributed by atoms with Crippen LogP contribution in [0.4, 0.5) is 5.82 Å². The van der Waals surface area contributed by atoms with Gasteiger partial charge in [-0.25, -0.2) is 9.97 Å². The minimum Gasteiger partial charge on any atom is -0.367 e. The second kappa shape index (κ2) is 5.63. The zero-order valence-corrected chi connectivity index (χ0v) is 13.1. The minimum atomic E-state index is 0.528. The van der Waals surface area contributed by atoms with Crippen LogP contribution < -0.4 is 5.32 Å². The second-order valence-corrected chi connectivity index (χ2v) is 6.48. The molecule has 0 aromatic carbocycles. The minimum absolute atomic E-state index is 0.528. The highest BCUT2D eigenvalue weighted by Crippen LogP contribution is 2.28. The predicted molar refractivity (Wildman–Crippen MR) is 84.6 cm³/mol. The number of hydrogen-bond donors (Lipinski definition) is 1. The van der Waals surface area contributed by atoms with Gasteiger partial charge in [-0.1, -0.05) is 0 Å². The monoisotopic (exact) mass is 291 g/mol. The maximum atomic E-state index is 4.40. The van der Waals surface area contributed by atoms with Gasteiger partial charge in [-0.15, -0.1) is 11.3 Å². The van der Waals surface area contributed by atoms with Crippen LogP contribution in [0, 0.1) is 6.92 Å². The molecule has 0 radical (unpaired) electrons. The first-order valence-corrected chi connectivity index (χ1v) is 7.84. The molecule has 1 unspecified atom stereocenters. The zero-order valence-electron chi connectivity index (χ0n) is 12.3. The molecule has 5 nitrogen and oxygen atoms in total. The molecule has 0 amide bonds. The Morgan fingerprint density at radius 2 is 2.20 bits per heavy atom. The molecule has 0 bridgehead atoms. The quantitative estimate of drug-likeness (QED) is 0.932. The highest BCUT2D eigenvalue weighted by molar-refractivity contribution is 7.18. The van der Waals surface area contributed by atoms with Gasteiger partial charge in [0.2, 0.25) is 0 Å². The van der Waals surface area contributed by atoms with Crippen LogP contribution in [0.5, 0.6) is 0 Å². The molecule has 0 saturated carbocycles. The molecule has 3 rings (SSSR count). The molecule has 1 aliphatic heterocycles. The van der Waals surface area contributed by atoms with E-state index >= 15 is 0 Å². The summed E-state index contributed by atoms with van der Waals surface area (Å²) in [4.78, 5) is 13.6. The van der Waals surface area contributed by atoms with Crippen molar-refractivity contribution in [3.05, 3.63) is 17.3 Å². The number of hydrogen-bond acceptors (Lipinski definition) is 6. The molecule has 2 aromatic rings. The third-order valence-corrected chi connectivity index (χ3v) is 5.11. The summed E-state index contributed by atoms with van der Waals surface area (Å²) in [7, 11) is 4.38. The van der Waals surface area contributed by atoms with Crippen molar-refractivity contribution in [1.29, 1.82) is 0 Å². The Balaban J connectivity index is 1.73. The van der Waals surface area contributed by atoms with Gasteiger partial charge in [0.15, 0.2) is 0 Å². The van der Waals surface area contributed by atoms with Crippen LogP contribution in [-0.2, 0) is 0 Å². The van der Waals surface area contributed by atoms with E-state index in [0.717, 1.165) is 42.2 Å². The molecule has 1 saturated heterocycles. The number of nitrogens with zero attached hydrogens (tertiary/aromatic N) is 4. The normalized spacial score (nSPS) is 21.4. The standard InChI is InChI=1S/C14H21N5S/c1-10-8-20-13-12(10)16-9-17-14(13)15-6-11-7-18(2)4-5-19(11)3/h8-9,11H,4-7H2,1-3H3,(H,15,16,17). The van der Waals surface area contributed by atoms with Crippen molar-refractivity contribution >= 4 is 27.4 Å². The van der Waals surface area contributed by atoms with E-state index in [2.05, 4.69) is 51.5 Å². The van der Waals surface area contributed by atoms with E-state index in [1.54, 1.807) is 17.7 Å². The predicted octanol–water partition coefficient (Wildman–Crippen LogP) is 1.66. The fraction of sp³-hybridized carbons (Fsp3) is 0.571. The molecule has 1 aliphatic rings. The largest absolute Gasteiger partial charge is 0.367 e. The van der Waals surface area contributed by atoms with Crippen molar-refractivity contribution in [2.75, 3.05) is 45.6 Å². The molecule has 1 fully saturated rings. The summed E-state index contributed by atoms with van der Waals surface area (Å²) in [5.41, 5.74) is 2.30. The Morgan fingerprint density at radius 3 is 3.05 bits per heavy atom. The summed E-state index contributed by atoms with van der Waals surface area (Å²) < 4.78 is 1.16. The van der Waals surface area contributed by atoms with Crippen molar-refractivity contribution in [3.8, 4) is 0 Å². The maximum absolute atomic E-state index is 4.40. The Labute approximate surface area is 123 Å². The molecule has 108 valence electrons. The van der Waals surface area contributed by atoms with Crippen LogP contribution in [0.1, 0.15) is 5.56 Å². The van der Waals surface area contributed by atoms with Crippen molar-refractivity contribution in [3.63, 3.8) is 0 Å². The Kier molecular flexibility index (Phi) is 3.87. The number of anilines is 1. The summed E-state index contributed by atoms with van der Waals surface area (Å²) in [5.74, 6) is 0.967. The molecular formula is C14H21N5S. The maximum Gasteiger partial charge on any atom is 0.147 e. The van der Waals surface area contributed by atoms with Gasteiger partial charge < -0.3 is 10.2 Å². The van der Waals surface area contributed by atoms with Crippen molar-refractivity contribution in [1.82, 2.24) is 19.8 Å². The van der Waals surface area contributed by atoms with Crippen LogP contribution in [-0.4, -0.2) is 66.1 Å². The van der Waals surface area contributed by atoms with Gasteiger partial charge in [-0.05, 0) is 32.0 Å². The molecule has 1 atom stereocenters. The van der Waals surface area contributed by atoms with Crippen LogP contribution in [0.15, 0.2) is 11.7 Å². The molecular weight excluding hydrogens is 270 g/mol. The lowest BCUT2D eigenvalue weighted by molar-refractivity contribution is 0.122. The van der Waals surface area contributed by atoms with Crippen molar-refractivity contribution in [2.45, 2.75) is 13.0 Å². The summed E-state index contributed by atoms with van der Waals surface area (Å²) in [5, 5.41) is 5.66. The highest BCUT2D eigenvalue weighted by atomic mass is 32.1. The molecule has 20 heavy (non-hydrogen) atoms. The number of rotatable bonds is 3. The lowest BCUT2D eigenvalue weighted by Gasteiger charge is -2.37. The number of nitrogens with one attached hydrogen (secondary N) is 1. The first kappa shape index (κ1) is 13.7. The molecule has 0 spiro atoms. The molecule has 2 aromatic heterocycles. The Hall–Kier alpha value is -1.24. The van der Waals surface area contributed by atoms with Gasteiger partial charge in [-0.2, -0.15) is 0 Å². The van der Waals surface area contributed by atoms with E-state index in [9.17, 15) is 0 Å². The summed E-state index contributed by atoms with van der Waals surface area (Å²) in [6, 6.07) is 0.528. The van der Waals surface area contributed by atoms with Gasteiger partial charge in [0, 0.05) is 32.2 Å². The lowest BCUT2D eigenvalue weighted by atomic mass is 10.2. The van der Waals surface area contributed by atoms with E-state index in [1.165, 1.54) is 5.56 Å². The van der Waals surface area contributed by atoms with E-state index < -0.39 is 0 Å². The van der Waals surface area contributed by atoms with Crippen LogP contribution in [0.25, 0.3) is 10.2 Å². The van der Waals surface area contributed by atoms with Crippen LogP contribution in [0.3, 0.4) is 0 Å². The summed E-state index contributed by atoms with van der Waals surface area (Å²) in [6.07, 6.45) is 1.65. The first-order valence-electron chi connectivity index (χ1n) is 6.96. The van der Waals surface area contributed by atoms with E-state index in [1.807, 2.05) is 0 Å². The smallest absolute Gasteiger partial charge is 0.147 e. The van der Waals surface area contributed by atoms with Crippen LogP contribution in [0.2, 0.25) is 0 Å². The fourth-order valence-corrected chi connectivity index (χ4v) is 3.60. The average Bonchev–Trinajstić information content (AvgIpc) is 2.82. The zero-order chi connectivity index (χ0) is 14.1. The Bertz CT molecular complexity index is 596. The van der Waals surface area contributed by atoms with Crippen molar-refractivity contribution in [2.24, 2.45) is 0 Å². The lowest BCUT2D eigenvalue weighted by Crippen LogP contribution is -2.52. The van der Waals surface area contributed by atoms with Crippen LogP contribution >= 0.6 is 11.3 Å². The second-order valence-electron chi connectivity index (χ2n) is 5.60. The first-order chi connectivity index (χ1) is 9.65. The number of piperazine rings is 1. The highest BCUT2D eigenvalue weighted by Gasteiger charge is 2.22. The number of aryl methyl sites for hydroxylation is 1. The van der Waals surface area contributed by atoms with E-state index in [-0.39, 0.29) is 0 Å². The molecule has 3 heterocycles. The molecule has 1 N–H and O–H groups in total. The molecule has 6 heteroatoms. The summed E-state index contributed by atoms with van der Waals surface area (Å²) in [6.45, 7) is 6.39. The van der Waals surface area contributed by atoms with E-state index in [4.69, 9.17) is 0 Å². The third kappa shape index (κ3) is 2.63. The van der Waals surface area contributed by atoms with Crippen molar-refractivity contribution < 1.29 is 0 Å². The number of fused-ring (bicyclic) bond motifs is 1. The SMILES string of the molecule is Cc1csc2c(NCC3CN(C)CCN3C)ncnc12. The van der Waals surface area contributed by atoms with Gasteiger partial charge in [0.1, 0.15) is 12.1 Å². The molecule has 0 aliphatic carbocycles. The summed E-state index contributed by atoms with van der Waals surface area (Å²) >= 11 is 1.72. The Morgan fingerprint density at radius 1 is 1.35 bits per heavy atom. The number of thiophene rings is 1. The van der Waals surface area contributed by atoms with Gasteiger partial charge in [-0.3, -0.25) is 4.90 Å².